The average Bonchev–Trinajstić information content (AvgIpc) is 3.23. The van der Waals surface area contributed by atoms with Crippen LogP contribution >= 0.6 is 0 Å². The second-order valence-corrected chi connectivity index (χ2v) is 6.22. The van der Waals surface area contributed by atoms with E-state index in [1.807, 2.05) is 0 Å². The minimum atomic E-state index is -1.29. The molecule has 1 fully saturated rings. The van der Waals surface area contributed by atoms with Crippen molar-refractivity contribution in [1.29, 1.82) is 0 Å². The summed E-state index contributed by atoms with van der Waals surface area (Å²) in [4.78, 5) is 31.5. The summed E-state index contributed by atoms with van der Waals surface area (Å²) in [6, 6.07) is 0. The molecule has 1 aliphatic heterocycles. The van der Waals surface area contributed by atoms with Crippen LogP contribution in [-0.4, -0.2) is 100 Å². The van der Waals surface area contributed by atoms with Gasteiger partial charge in [0.25, 0.3) is 5.56 Å². The molecule has 2 unspecified atom stereocenters. The fourth-order valence-corrected chi connectivity index (χ4v) is 2.62. The van der Waals surface area contributed by atoms with Gasteiger partial charge in [-0.15, -0.1) is 0 Å². The summed E-state index contributed by atoms with van der Waals surface area (Å²) in [5.41, 5.74) is 5.12. The Kier molecular flexibility index (Phi) is 7.74. The lowest BCUT2D eigenvalue weighted by Crippen LogP contribution is -2.33. The molecule has 1 aliphatic rings. The number of nitrogens with one attached hydrogen (secondary N) is 1. The van der Waals surface area contributed by atoms with Crippen molar-refractivity contribution in [1.82, 2.24) is 19.5 Å². The smallest absolute Gasteiger partial charge is 0.280 e. The lowest BCUT2D eigenvalue weighted by molar-refractivity contribution is -0.111. The van der Waals surface area contributed by atoms with Crippen LogP contribution in [0.15, 0.2) is 11.1 Å². The Morgan fingerprint density at radius 3 is 2.52 bits per heavy atom. The van der Waals surface area contributed by atoms with Crippen LogP contribution in [0.4, 0.5) is 5.95 Å². The molecule has 0 bridgehead atoms. The van der Waals surface area contributed by atoms with Crippen LogP contribution in [0.5, 0.6) is 0 Å². The summed E-state index contributed by atoms with van der Waals surface area (Å²) in [5.74, 6) is -0.101. The molecule has 3 rings (SSSR count). The van der Waals surface area contributed by atoms with Gasteiger partial charge in [-0.3, -0.25) is 14.3 Å². The Balaban J connectivity index is 0.000000284. The number of anilines is 1. The third kappa shape index (κ3) is 4.94. The number of aliphatic hydroxyl groups excluding tert-OH is 6. The highest BCUT2D eigenvalue weighted by atomic mass is 16.6. The molecule has 0 radical (unpaired) electrons. The van der Waals surface area contributed by atoms with E-state index in [1.54, 1.807) is 0 Å². The van der Waals surface area contributed by atoms with E-state index < -0.39 is 55.5 Å². The molecule has 2 aromatic rings. The number of hydrogen-bond acceptors (Lipinski definition) is 12. The van der Waals surface area contributed by atoms with E-state index in [0.29, 0.717) is 6.29 Å². The molecule has 2 aromatic heterocycles. The number of rotatable bonds is 6. The molecule has 14 nitrogen and oxygen atoms in total. The van der Waals surface area contributed by atoms with Crippen LogP contribution in [0.25, 0.3) is 11.2 Å². The van der Waals surface area contributed by atoms with E-state index in [4.69, 9.17) is 30.9 Å². The van der Waals surface area contributed by atoms with Crippen molar-refractivity contribution in [2.24, 2.45) is 0 Å². The monoisotopic (exact) mass is 417 g/mol. The number of carbonyl (C=O) groups excluding carboxylic acids is 1. The molecule has 0 saturated carbocycles. The second kappa shape index (κ2) is 9.84. The molecule has 0 aromatic carbocycles. The molecular weight excluding hydrogens is 394 g/mol. The van der Waals surface area contributed by atoms with E-state index >= 15 is 0 Å². The summed E-state index contributed by atoms with van der Waals surface area (Å²) in [7, 11) is 0. The molecule has 14 heteroatoms. The average molecular weight is 417 g/mol. The number of hydrogen-bond donors (Lipinski definition) is 8. The van der Waals surface area contributed by atoms with Crippen molar-refractivity contribution in [3.05, 3.63) is 16.7 Å². The van der Waals surface area contributed by atoms with E-state index in [9.17, 15) is 19.8 Å². The molecule has 0 amide bonds. The molecule has 162 valence electrons. The van der Waals surface area contributed by atoms with E-state index in [1.165, 1.54) is 10.9 Å². The minimum Gasteiger partial charge on any atom is -0.394 e. The van der Waals surface area contributed by atoms with Gasteiger partial charge in [0.05, 0.1) is 25.6 Å². The zero-order valence-electron chi connectivity index (χ0n) is 15.1. The summed E-state index contributed by atoms with van der Waals surface area (Å²) in [5, 5.41) is 54.2. The highest BCUT2D eigenvalue weighted by Crippen LogP contribution is 2.30. The van der Waals surface area contributed by atoms with Gasteiger partial charge in [0.1, 0.15) is 30.7 Å². The van der Waals surface area contributed by atoms with Crippen LogP contribution in [-0.2, 0) is 9.53 Å². The van der Waals surface area contributed by atoms with Crippen LogP contribution < -0.4 is 11.3 Å². The lowest BCUT2D eigenvalue weighted by atomic mass is 10.1. The third-order valence-corrected chi connectivity index (χ3v) is 4.21. The largest absolute Gasteiger partial charge is 0.394 e. The highest BCUT2D eigenvalue weighted by Gasteiger charge is 2.44. The third-order valence-electron chi connectivity index (χ3n) is 4.21. The van der Waals surface area contributed by atoms with Crippen molar-refractivity contribution in [3.8, 4) is 0 Å². The first-order valence-electron chi connectivity index (χ1n) is 8.50. The zero-order valence-corrected chi connectivity index (χ0v) is 15.1. The van der Waals surface area contributed by atoms with E-state index in [2.05, 4.69) is 15.0 Å². The highest BCUT2D eigenvalue weighted by molar-refractivity contribution is 5.70. The molecule has 0 spiro atoms. The molecule has 9 N–H and O–H groups in total. The van der Waals surface area contributed by atoms with Crippen LogP contribution in [0.3, 0.4) is 0 Å². The minimum absolute atomic E-state index is 0.0388. The lowest BCUT2D eigenvalue weighted by Gasteiger charge is -2.16. The summed E-state index contributed by atoms with van der Waals surface area (Å²) in [6.07, 6.45) is -5.19. The predicted octanol–water partition coefficient (Wildman–Crippen LogP) is -4.40. The summed E-state index contributed by atoms with van der Waals surface area (Å²) < 4.78 is 6.64. The first-order valence-corrected chi connectivity index (χ1v) is 8.50. The number of aromatic amines is 1. The van der Waals surface area contributed by atoms with Crippen LogP contribution in [0.1, 0.15) is 12.6 Å². The van der Waals surface area contributed by atoms with Crippen LogP contribution in [0, 0.1) is 0 Å². The number of carbonyl (C=O) groups is 1. The fourth-order valence-electron chi connectivity index (χ4n) is 2.62. The van der Waals surface area contributed by atoms with Gasteiger partial charge in [-0.25, -0.2) is 4.98 Å². The van der Waals surface area contributed by atoms with Gasteiger partial charge in [-0.1, -0.05) is 0 Å². The van der Waals surface area contributed by atoms with Gasteiger partial charge >= 0.3 is 0 Å². The molecule has 0 aliphatic carbocycles. The van der Waals surface area contributed by atoms with Gasteiger partial charge < -0.3 is 45.9 Å². The van der Waals surface area contributed by atoms with Gasteiger partial charge in [0, 0.05) is 6.42 Å². The Morgan fingerprint density at radius 2 is 1.97 bits per heavy atom. The van der Waals surface area contributed by atoms with Crippen molar-refractivity contribution < 1.29 is 40.2 Å². The predicted molar refractivity (Wildman–Crippen MR) is 95.4 cm³/mol. The number of imidazole rings is 1. The first kappa shape index (κ1) is 22.8. The maximum Gasteiger partial charge on any atom is 0.280 e. The van der Waals surface area contributed by atoms with Crippen molar-refractivity contribution in [2.45, 2.75) is 43.2 Å². The standard InChI is InChI=1S/C10H13N5O5.C5H10O4/c11-10-13-7-4(8(19)14-10)12-2-15(7)9-6(18)5(17)3(1-16)20-9;6-2-1-4(8)5(9)3-7/h2-3,5-6,9,16-18H,1H2,(H3,11,13,14,19);2,4-5,7-9H,1,3H2/t3-,5-,6-,9-;/m1./s1. The number of ether oxygens (including phenoxy) is 1. The Bertz CT molecular complexity index is 871. The van der Waals surface area contributed by atoms with Gasteiger partial charge in [-0.05, 0) is 0 Å². The quantitative estimate of drug-likeness (QED) is 0.208. The van der Waals surface area contributed by atoms with E-state index in [-0.39, 0.29) is 23.5 Å². The maximum atomic E-state index is 11.7. The topological polar surface area (TPSA) is 237 Å². The second-order valence-electron chi connectivity index (χ2n) is 6.22. The molecule has 6 atom stereocenters. The number of fused-ring (bicyclic) bond motifs is 1. The molecular formula is C15H23N5O9. The SMILES string of the molecule is Nc1nc2c(ncn2[C@@H]2O[C@H](CO)[C@@H](O)[C@H]2O)c(=O)[nH]1.O=CCC(O)C(O)CO. The Morgan fingerprint density at radius 1 is 1.28 bits per heavy atom. The number of H-pyrrole nitrogens is 1. The normalized spacial score (nSPS) is 26.0. The number of aromatic nitrogens is 4. The molecule has 3 heterocycles. The Hall–Kier alpha value is -2.46. The van der Waals surface area contributed by atoms with Gasteiger partial charge in [0.15, 0.2) is 17.4 Å². The number of aldehydes is 1. The number of nitrogens with two attached hydrogens (primary N) is 1. The Labute approximate surface area is 162 Å². The van der Waals surface area contributed by atoms with Gasteiger partial charge in [-0.2, -0.15) is 4.98 Å². The number of nitrogens with zero attached hydrogens (tertiary/aromatic N) is 3. The van der Waals surface area contributed by atoms with Crippen molar-refractivity contribution in [2.75, 3.05) is 18.9 Å². The van der Waals surface area contributed by atoms with Crippen molar-refractivity contribution in [3.63, 3.8) is 0 Å². The van der Waals surface area contributed by atoms with Gasteiger partial charge in [0.2, 0.25) is 5.95 Å². The first-order chi connectivity index (χ1) is 13.7. The molecule has 1 saturated heterocycles. The number of nitrogen functional groups attached to an aromatic ring is 1. The van der Waals surface area contributed by atoms with Crippen molar-refractivity contribution >= 4 is 23.4 Å². The van der Waals surface area contributed by atoms with E-state index in [0.717, 1.165) is 0 Å². The fraction of sp³-hybridized carbons (Fsp3) is 0.600. The number of aliphatic hydroxyl groups is 6. The maximum absolute atomic E-state index is 11.7. The van der Waals surface area contributed by atoms with Crippen LogP contribution in [0.2, 0.25) is 0 Å². The zero-order chi connectivity index (χ0) is 21.7. The summed E-state index contributed by atoms with van der Waals surface area (Å²) >= 11 is 0. The molecule has 29 heavy (non-hydrogen) atoms. The summed E-state index contributed by atoms with van der Waals surface area (Å²) in [6.45, 7) is -0.966.